The topological polar surface area (TPSA) is 70.2 Å². The third kappa shape index (κ3) is 5.49. The Morgan fingerprint density at radius 2 is 1.65 bits per heavy atom. The van der Waals surface area contributed by atoms with Crippen molar-refractivity contribution in [2.75, 3.05) is 22.5 Å². The van der Waals surface area contributed by atoms with Gasteiger partial charge in [-0.05, 0) is 35.2 Å². The van der Waals surface area contributed by atoms with Gasteiger partial charge >= 0.3 is 0 Å². The highest BCUT2D eigenvalue weighted by Gasteiger charge is 2.18. The fourth-order valence-electron chi connectivity index (χ4n) is 2.58. The highest BCUT2D eigenvalue weighted by Crippen LogP contribution is 2.29. The molecule has 0 aromatic heterocycles. The Morgan fingerprint density at radius 3 is 2.31 bits per heavy atom. The van der Waals surface area contributed by atoms with Crippen LogP contribution in [0.4, 0.5) is 17.1 Å². The lowest BCUT2D eigenvalue weighted by Gasteiger charge is -2.23. The van der Waals surface area contributed by atoms with E-state index < -0.39 is 0 Å². The van der Waals surface area contributed by atoms with E-state index in [0.29, 0.717) is 16.4 Å². The summed E-state index contributed by atoms with van der Waals surface area (Å²) in [7, 11) is 0. The molecule has 0 fully saturated rings. The zero-order valence-corrected chi connectivity index (χ0v) is 16.2. The molecule has 0 radical (unpaired) electrons. The van der Waals surface area contributed by atoms with Gasteiger partial charge in [-0.2, -0.15) is 0 Å². The van der Waals surface area contributed by atoms with E-state index in [-0.39, 0.29) is 23.8 Å². The molecular formula is C20H24ClN3O2. The molecule has 0 heterocycles. The van der Waals surface area contributed by atoms with E-state index >= 15 is 0 Å². The quantitative estimate of drug-likeness (QED) is 0.714. The molecule has 0 saturated carbocycles. The standard InChI is InChI=1S/C20H24ClN3O2/c1-13(25)23-17-10-9-14(21)11-18(17)22-12-19(26)24-16-8-6-5-7-15(16)20(2,3)4/h5-11,22H,12H2,1-4H3,(H,23,25)(H,24,26). The molecule has 0 bridgehead atoms. The summed E-state index contributed by atoms with van der Waals surface area (Å²) in [6.45, 7) is 7.77. The van der Waals surface area contributed by atoms with Gasteiger partial charge in [-0.1, -0.05) is 50.6 Å². The van der Waals surface area contributed by atoms with Gasteiger partial charge in [-0.15, -0.1) is 0 Å². The summed E-state index contributed by atoms with van der Waals surface area (Å²) >= 11 is 6.02. The number of hydrogen-bond donors (Lipinski definition) is 3. The third-order valence-corrected chi connectivity index (χ3v) is 3.98. The first-order valence-electron chi connectivity index (χ1n) is 8.37. The molecule has 0 atom stereocenters. The molecule has 5 nitrogen and oxygen atoms in total. The average molecular weight is 374 g/mol. The molecule has 0 aliphatic rings. The van der Waals surface area contributed by atoms with Gasteiger partial charge in [0.2, 0.25) is 11.8 Å². The highest BCUT2D eigenvalue weighted by atomic mass is 35.5. The predicted molar refractivity (Wildman–Crippen MR) is 108 cm³/mol. The summed E-state index contributed by atoms with van der Waals surface area (Å²) in [6.07, 6.45) is 0. The second-order valence-electron chi connectivity index (χ2n) is 7.07. The van der Waals surface area contributed by atoms with Crippen LogP contribution >= 0.6 is 11.6 Å². The van der Waals surface area contributed by atoms with Gasteiger partial charge in [0.05, 0.1) is 17.9 Å². The Bertz CT molecular complexity index is 813. The first-order chi connectivity index (χ1) is 12.2. The van der Waals surface area contributed by atoms with Crippen LogP contribution in [0.15, 0.2) is 42.5 Å². The van der Waals surface area contributed by atoms with Gasteiger partial charge in [0.15, 0.2) is 0 Å². The molecule has 0 unspecified atom stereocenters. The number of benzene rings is 2. The largest absolute Gasteiger partial charge is 0.374 e. The Kier molecular flexibility index (Phi) is 6.27. The average Bonchev–Trinajstić information content (AvgIpc) is 2.54. The van der Waals surface area contributed by atoms with Gasteiger partial charge in [0.25, 0.3) is 0 Å². The lowest BCUT2D eigenvalue weighted by molar-refractivity contribution is -0.115. The summed E-state index contributed by atoms with van der Waals surface area (Å²) in [6, 6.07) is 12.8. The molecule has 0 aliphatic carbocycles. The number of amides is 2. The van der Waals surface area contributed by atoms with Crippen LogP contribution in [0.2, 0.25) is 5.02 Å². The van der Waals surface area contributed by atoms with Crippen molar-refractivity contribution in [2.45, 2.75) is 33.1 Å². The highest BCUT2D eigenvalue weighted by molar-refractivity contribution is 6.31. The molecule has 2 aromatic rings. The molecule has 2 amide bonds. The zero-order chi connectivity index (χ0) is 19.3. The van der Waals surface area contributed by atoms with Crippen molar-refractivity contribution in [1.29, 1.82) is 0 Å². The van der Waals surface area contributed by atoms with E-state index in [0.717, 1.165) is 11.3 Å². The Balaban J connectivity index is 2.09. The van der Waals surface area contributed by atoms with Crippen LogP contribution in [0.5, 0.6) is 0 Å². The van der Waals surface area contributed by atoms with Crippen molar-refractivity contribution in [3.8, 4) is 0 Å². The molecule has 0 spiro atoms. The third-order valence-electron chi connectivity index (χ3n) is 3.74. The monoisotopic (exact) mass is 373 g/mol. The number of anilines is 3. The van der Waals surface area contributed by atoms with Crippen LogP contribution in [0.25, 0.3) is 0 Å². The maximum absolute atomic E-state index is 12.4. The number of para-hydroxylation sites is 1. The Morgan fingerprint density at radius 1 is 0.962 bits per heavy atom. The molecule has 0 saturated heterocycles. The smallest absolute Gasteiger partial charge is 0.243 e. The Labute approximate surface area is 159 Å². The van der Waals surface area contributed by atoms with E-state index in [1.807, 2.05) is 24.3 Å². The van der Waals surface area contributed by atoms with Crippen LogP contribution in [-0.4, -0.2) is 18.4 Å². The van der Waals surface area contributed by atoms with Crippen LogP contribution in [0.1, 0.15) is 33.3 Å². The van der Waals surface area contributed by atoms with Crippen LogP contribution < -0.4 is 16.0 Å². The number of halogens is 1. The van der Waals surface area contributed by atoms with Gasteiger partial charge in [0, 0.05) is 17.6 Å². The second kappa shape index (κ2) is 8.23. The van der Waals surface area contributed by atoms with Crippen molar-refractivity contribution in [2.24, 2.45) is 0 Å². The Hall–Kier alpha value is -2.53. The van der Waals surface area contributed by atoms with E-state index in [9.17, 15) is 9.59 Å². The second-order valence-corrected chi connectivity index (χ2v) is 7.50. The lowest BCUT2D eigenvalue weighted by Crippen LogP contribution is -2.24. The van der Waals surface area contributed by atoms with Gasteiger partial charge in [-0.25, -0.2) is 0 Å². The van der Waals surface area contributed by atoms with Crippen molar-refractivity contribution in [1.82, 2.24) is 0 Å². The molecule has 3 N–H and O–H groups in total. The zero-order valence-electron chi connectivity index (χ0n) is 15.4. The molecular weight excluding hydrogens is 350 g/mol. The predicted octanol–water partition coefficient (Wildman–Crippen LogP) is 4.65. The maximum atomic E-state index is 12.4. The van der Waals surface area contributed by atoms with Crippen molar-refractivity contribution >= 4 is 40.5 Å². The summed E-state index contributed by atoms with van der Waals surface area (Å²) in [5.74, 6) is -0.380. The normalized spacial score (nSPS) is 11.0. The molecule has 26 heavy (non-hydrogen) atoms. The lowest BCUT2D eigenvalue weighted by atomic mass is 9.86. The van der Waals surface area contributed by atoms with E-state index in [4.69, 9.17) is 11.6 Å². The first-order valence-corrected chi connectivity index (χ1v) is 8.75. The number of hydrogen-bond acceptors (Lipinski definition) is 3. The van der Waals surface area contributed by atoms with Crippen molar-refractivity contribution in [3.63, 3.8) is 0 Å². The minimum absolute atomic E-state index is 0.0470. The minimum atomic E-state index is -0.195. The van der Waals surface area contributed by atoms with Crippen molar-refractivity contribution in [3.05, 3.63) is 53.1 Å². The maximum Gasteiger partial charge on any atom is 0.243 e. The molecule has 2 rings (SSSR count). The first kappa shape index (κ1) is 19.8. The number of nitrogens with one attached hydrogen (secondary N) is 3. The molecule has 138 valence electrons. The van der Waals surface area contributed by atoms with E-state index in [1.54, 1.807) is 18.2 Å². The molecule has 2 aromatic carbocycles. The summed E-state index contributed by atoms with van der Waals surface area (Å²) in [5, 5.41) is 9.19. The SMILES string of the molecule is CC(=O)Nc1ccc(Cl)cc1NCC(=O)Nc1ccccc1C(C)(C)C. The molecule has 0 aliphatic heterocycles. The summed E-state index contributed by atoms with van der Waals surface area (Å²) in [5.41, 5.74) is 2.94. The van der Waals surface area contributed by atoms with Gasteiger partial charge < -0.3 is 16.0 Å². The van der Waals surface area contributed by atoms with Crippen molar-refractivity contribution < 1.29 is 9.59 Å². The fraction of sp³-hybridized carbons (Fsp3) is 0.300. The fourth-order valence-corrected chi connectivity index (χ4v) is 2.75. The van der Waals surface area contributed by atoms with Crippen LogP contribution in [0, 0.1) is 0 Å². The van der Waals surface area contributed by atoms with E-state index in [2.05, 4.69) is 36.7 Å². The number of carbonyl (C=O) groups is 2. The summed E-state index contributed by atoms with van der Waals surface area (Å²) < 4.78 is 0. The van der Waals surface area contributed by atoms with Gasteiger partial charge in [0.1, 0.15) is 0 Å². The number of rotatable bonds is 5. The summed E-state index contributed by atoms with van der Waals surface area (Å²) in [4.78, 5) is 23.7. The minimum Gasteiger partial charge on any atom is -0.374 e. The van der Waals surface area contributed by atoms with Crippen LogP contribution in [-0.2, 0) is 15.0 Å². The van der Waals surface area contributed by atoms with E-state index in [1.165, 1.54) is 6.92 Å². The van der Waals surface area contributed by atoms with Gasteiger partial charge in [-0.3, -0.25) is 9.59 Å². The molecule has 6 heteroatoms. The number of carbonyl (C=O) groups excluding carboxylic acids is 2. The van der Waals surface area contributed by atoms with Crippen LogP contribution in [0.3, 0.4) is 0 Å².